The Morgan fingerprint density at radius 2 is 2.47 bits per heavy atom. The number of H-pyrrole nitrogens is 1. The van der Waals surface area contributed by atoms with Crippen molar-refractivity contribution in [2.75, 3.05) is 5.73 Å². The third-order valence-electron chi connectivity index (χ3n) is 2.25. The van der Waals surface area contributed by atoms with Gasteiger partial charge in [0.15, 0.2) is 5.82 Å². The summed E-state index contributed by atoms with van der Waals surface area (Å²) in [6.45, 7) is 2.25. The normalized spacial score (nSPS) is 10.5. The van der Waals surface area contributed by atoms with Crippen molar-refractivity contribution < 1.29 is 4.79 Å². The lowest BCUT2D eigenvalue weighted by Crippen LogP contribution is -2.23. The van der Waals surface area contributed by atoms with Crippen LogP contribution in [0.25, 0.3) is 0 Å². The Hall–Kier alpha value is -1.34. The number of rotatable bonds is 3. The molecule has 2 heterocycles. The van der Waals surface area contributed by atoms with Gasteiger partial charge in [0.25, 0.3) is 5.91 Å². The lowest BCUT2D eigenvalue weighted by atomic mass is 10.2. The first kappa shape index (κ1) is 12.1. The number of thiophene rings is 1. The Morgan fingerprint density at radius 1 is 1.71 bits per heavy atom. The molecule has 5 nitrogen and oxygen atoms in total. The summed E-state index contributed by atoms with van der Waals surface area (Å²) in [7, 11) is 0. The number of nitrogens with two attached hydrogens (primary N) is 1. The van der Waals surface area contributed by atoms with Crippen molar-refractivity contribution in [3.05, 3.63) is 32.1 Å². The van der Waals surface area contributed by atoms with Gasteiger partial charge < -0.3 is 11.1 Å². The number of halogens is 1. The Morgan fingerprint density at radius 3 is 3.00 bits per heavy atom. The highest BCUT2D eigenvalue weighted by Gasteiger charge is 2.15. The monoisotopic (exact) mass is 314 g/mol. The fourth-order valence-corrected chi connectivity index (χ4v) is 2.83. The number of anilines is 1. The molecule has 2 rings (SSSR count). The van der Waals surface area contributed by atoms with E-state index in [1.807, 2.05) is 11.4 Å². The molecule has 0 fully saturated rings. The van der Waals surface area contributed by atoms with E-state index in [-0.39, 0.29) is 11.7 Å². The van der Waals surface area contributed by atoms with Gasteiger partial charge in [0, 0.05) is 20.4 Å². The van der Waals surface area contributed by atoms with Crippen LogP contribution in [0.2, 0.25) is 0 Å². The summed E-state index contributed by atoms with van der Waals surface area (Å²) < 4.78 is 1.02. The number of aryl methyl sites for hydroxylation is 1. The maximum absolute atomic E-state index is 11.9. The molecule has 0 saturated heterocycles. The number of carbonyl (C=O) groups is 1. The van der Waals surface area contributed by atoms with Crippen LogP contribution in [-0.4, -0.2) is 16.1 Å². The highest BCUT2D eigenvalue weighted by molar-refractivity contribution is 9.10. The van der Waals surface area contributed by atoms with E-state index in [1.165, 1.54) is 0 Å². The number of carbonyl (C=O) groups excluding carboxylic acids is 1. The Balaban J connectivity index is 2.03. The zero-order chi connectivity index (χ0) is 12.4. The molecule has 7 heteroatoms. The molecule has 4 N–H and O–H groups in total. The second-order valence-electron chi connectivity index (χ2n) is 3.52. The topological polar surface area (TPSA) is 83.8 Å². The van der Waals surface area contributed by atoms with Gasteiger partial charge in [-0.15, -0.1) is 11.3 Å². The highest BCUT2D eigenvalue weighted by atomic mass is 79.9. The second kappa shape index (κ2) is 4.89. The predicted octanol–water partition coefficient (Wildman–Crippen LogP) is 2.05. The molecule has 0 aliphatic rings. The summed E-state index contributed by atoms with van der Waals surface area (Å²) in [5.41, 5.74) is 6.70. The molecule has 90 valence electrons. The molecule has 2 aromatic rings. The fraction of sp³-hybridized carbons (Fsp3) is 0.200. The van der Waals surface area contributed by atoms with Gasteiger partial charge in [0.1, 0.15) is 5.56 Å². The number of hydrogen-bond donors (Lipinski definition) is 3. The van der Waals surface area contributed by atoms with Crippen LogP contribution in [0, 0.1) is 6.92 Å². The molecule has 1 amide bonds. The molecule has 17 heavy (non-hydrogen) atoms. The molecule has 0 unspecified atom stereocenters. The van der Waals surface area contributed by atoms with E-state index < -0.39 is 0 Å². The van der Waals surface area contributed by atoms with Gasteiger partial charge in [-0.3, -0.25) is 9.89 Å². The zero-order valence-corrected chi connectivity index (χ0v) is 11.5. The van der Waals surface area contributed by atoms with Crippen molar-refractivity contribution in [1.82, 2.24) is 15.5 Å². The number of hydrogen-bond acceptors (Lipinski definition) is 4. The van der Waals surface area contributed by atoms with E-state index in [2.05, 4.69) is 31.4 Å². The maximum atomic E-state index is 11.9. The summed E-state index contributed by atoms with van der Waals surface area (Å²) in [4.78, 5) is 12.9. The van der Waals surface area contributed by atoms with E-state index in [4.69, 9.17) is 5.73 Å². The Bertz CT molecular complexity index is 529. The van der Waals surface area contributed by atoms with E-state index in [9.17, 15) is 4.79 Å². The molecule has 0 aliphatic heterocycles. The van der Waals surface area contributed by atoms with Gasteiger partial charge in [-0.1, -0.05) is 0 Å². The number of aromatic nitrogens is 2. The minimum Gasteiger partial charge on any atom is -0.382 e. The minimum absolute atomic E-state index is 0.210. The Kier molecular flexibility index (Phi) is 3.49. The number of amides is 1. The minimum atomic E-state index is -0.210. The lowest BCUT2D eigenvalue weighted by molar-refractivity contribution is 0.0951. The number of aromatic amines is 1. The van der Waals surface area contributed by atoms with Crippen molar-refractivity contribution in [3.63, 3.8) is 0 Å². The van der Waals surface area contributed by atoms with E-state index >= 15 is 0 Å². The molecule has 2 aromatic heterocycles. The van der Waals surface area contributed by atoms with Crippen LogP contribution in [0.4, 0.5) is 5.82 Å². The number of nitrogens with zero attached hydrogens (tertiary/aromatic N) is 1. The molecule has 0 bridgehead atoms. The first-order chi connectivity index (χ1) is 8.08. The summed E-state index contributed by atoms with van der Waals surface area (Å²) in [6, 6.07) is 1.97. The van der Waals surface area contributed by atoms with Crippen molar-refractivity contribution in [1.29, 1.82) is 0 Å². The van der Waals surface area contributed by atoms with E-state index in [1.54, 1.807) is 18.3 Å². The predicted molar refractivity (Wildman–Crippen MR) is 70.9 cm³/mol. The van der Waals surface area contributed by atoms with Crippen LogP contribution < -0.4 is 11.1 Å². The average Bonchev–Trinajstić information content (AvgIpc) is 2.83. The van der Waals surface area contributed by atoms with Gasteiger partial charge in [-0.2, -0.15) is 5.10 Å². The van der Waals surface area contributed by atoms with Crippen LogP contribution in [0.15, 0.2) is 15.9 Å². The smallest absolute Gasteiger partial charge is 0.257 e. The molecule has 0 spiro atoms. The molecule has 0 saturated carbocycles. The van der Waals surface area contributed by atoms with E-state index in [0.29, 0.717) is 17.8 Å². The third-order valence-corrected chi connectivity index (χ3v) is 3.94. The van der Waals surface area contributed by atoms with Crippen LogP contribution in [0.1, 0.15) is 20.9 Å². The second-order valence-corrected chi connectivity index (χ2v) is 5.43. The first-order valence-electron chi connectivity index (χ1n) is 4.89. The SMILES string of the molecule is Cc1[nH]nc(N)c1C(=O)NCc1cc(Br)cs1. The van der Waals surface area contributed by atoms with Crippen molar-refractivity contribution in [2.24, 2.45) is 0 Å². The van der Waals surface area contributed by atoms with Gasteiger partial charge >= 0.3 is 0 Å². The Labute approximate surface area is 111 Å². The van der Waals surface area contributed by atoms with Crippen molar-refractivity contribution >= 4 is 39.0 Å². The van der Waals surface area contributed by atoms with Gasteiger partial charge in [0.2, 0.25) is 0 Å². The van der Waals surface area contributed by atoms with Gasteiger partial charge in [-0.25, -0.2) is 0 Å². The molecule has 0 radical (unpaired) electrons. The van der Waals surface area contributed by atoms with Crippen LogP contribution >= 0.6 is 27.3 Å². The summed E-state index contributed by atoms with van der Waals surface area (Å²) >= 11 is 4.94. The molecule has 0 aliphatic carbocycles. The van der Waals surface area contributed by atoms with Crippen LogP contribution in [0.3, 0.4) is 0 Å². The molecule has 0 aromatic carbocycles. The summed E-state index contributed by atoms with van der Waals surface area (Å²) in [5.74, 6) is 0.0191. The quantitative estimate of drug-likeness (QED) is 0.810. The summed E-state index contributed by atoms with van der Waals surface area (Å²) in [5, 5.41) is 11.2. The van der Waals surface area contributed by atoms with Gasteiger partial charge in [0.05, 0.1) is 6.54 Å². The zero-order valence-electron chi connectivity index (χ0n) is 9.08. The highest BCUT2D eigenvalue weighted by Crippen LogP contribution is 2.19. The first-order valence-corrected chi connectivity index (χ1v) is 6.56. The number of nitrogen functional groups attached to an aromatic ring is 1. The molecule has 0 atom stereocenters. The summed E-state index contributed by atoms with van der Waals surface area (Å²) in [6.07, 6.45) is 0. The number of nitrogens with one attached hydrogen (secondary N) is 2. The standard InChI is InChI=1S/C10H11BrN4OS/c1-5-8(9(12)15-14-5)10(16)13-3-7-2-6(11)4-17-7/h2,4H,3H2,1H3,(H,13,16)(H3,12,14,15). The van der Waals surface area contributed by atoms with Crippen molar-refractivity contribution in [2.45, 2.75) is 13.5 Å². The van der Waals surface area contributed by atoms with Crippen LogP contribution in [0.5, 0.6) is 0 Å². The van der Waals surface area contributed by atoms with Crippen LogP contribution in [-0.2, 0) is 6.54 Å². The van der Waals surface area contributed by atoms with Gasteiger partial charge in [-0.05, 0) is 28.9 Å². The molecular weight excluding hydrogens is 304 g/mol. The maximum Gasteiger partial charge on any atom is 0.257 e. The fourth-order valence-electron chi connectivity index (χ4n) is 1.44. The lowest BCUT2D eigenvalue weighted by Gasteiger charge is -2.03. The van der Waals surface area contributed by atoms with E-state index in [0.717, 1.165) is 9.35 Å². The molecular formula is C10H11BrN4OS. The largest absolute Gasteiger partial charge is 0.382 e. The average molecular weight is 315 g/mol. The third kappa shape index (κ3) is 2.67. The van der Waals surface area contributed by atoms with Crippen molar-refractivity contribution in [3.8, 4) is 0 Å².